The van der Waals surface area contributed by atoms with E-state index in [9.17, 15) is 0 Å². The molecule has 0 atom stereocenters. The van der Waals surface area contributed by atoms with Crippen molar-refractivity contribution in [2.45, 2.75) is 25.7 Å². The van der Waals surface area contributed by atoms with Gasteiger partial charge in [0.15, 0.2) is 0 Å². The van der Waals surface area contributed by atoms with Crippen LogP contribution in [0.15, 0.2) is 24.3 Å². The maximum Gasteiger partial charge on any atom is 0.0314 e. The number of nitrogens with zero attached hydrogens (tertiary/aromatic N) is 1. The average Bonchev–Trinajstić information content (AvgIpc) is 2.32. The van der Waals surface area contributed by atoms with Crippen LogP contribution < -0.4 is 11.2 Å². The molecule has 1 aromatic carbocycles. The lowest BCUT2D eigenvalue weighted by Crippen LogP contribution is -2.43. The summed E-state index contributed by atoms with van der Waals surface area (Å²) < 4.78 is 0. The van der Waals surface area contributed by atoms with Gasteiger partial charge in [-0.25, -0.2) is 5.01 Å². The Balaban J connectivity index is 1.91. The van der Waals surface area contributed by atoms with Gasteiger partial charge in [0.1, 0.15) is 0 Å². The second-order valence-corrected chi connectivity index (χ2v) is 4.44. The summed E-state index contributed by atoms with van der Waals surface area (Å²) in [5.41, 5.74) is 11.4. The van der Waals surface area contributed by atoms with Gasteiger partial charge in [0.2, 0.25) is 0 Å². The fraction of sp³-hybridized carbons (Fsp3) is 0.538. The topological polar surface area (TPSA) is 41.3 Å². The van der Waals surface area contributed by atoms with E-state index in [0.717, 1.165) is 25.3 Å². The van der Waals surface area contributed by atoms with Gasteiger partial charge in [-0.1, -0.05) is 19.1 Å². The summed E-state index contributed by atoms with van der Waals surface area (Å²) in [6, 6.07) is 8.35. The Kier molecular flexibility index (Phi) is 3.80. The number of nitrogens with one attached hydrogen (secondary N) is 1. The molecule has 1 aromatic rings. The van der Waals surface area contributed by atoms with E-state index in [4.69, 9.17) is 5.73 Å². The van der Waals surface area contributed by atoms with Crippen molar-refractivity contribution >= 4 is 5.69 Å². The first-order valence-corrected chi connectivity index (χ1v) is 6.13. The van der Waals surface area contributed by atoms with Crippen LogP contribution in [0.3, 0.4) is 0 Å². The minimum absolute atomic E-state index is 0.704. The third-order valence-electron chi connectivity index (χ3n) is 3.28. The number of rotatable bonds is 3. The van der Waals surface area contributed by atoms with Crippen LogP contribution in [-0.4, -0.2) is 24.6 Å². The highest BCUT2D eigenvalue weighted by atomic mass is 15.5. The quantitative estimate of drug-likeness (QED) is 0.764. The summed E-state index contributed by atoms with van der Waals surface area (Å²) in [5, 5.41) is 2.33. The highest BCUT2D eigenvalue weighted by molar-refractivity contribution is 5.40. The number of benzene rings is 1. The predicted octanol–water partition coefficient (Wildman–Crippen LogP) is 1.97. The monoisotopic (exact) mass is 219 g/mol. The summed E-state index contributed by atoms with van der Waals surface area (Å²) in [6.07, 6.45) is 2.47. The lowest BCUT2D eigenvalue weighted by molar-refractivity contribution is 0.147. The Labute approximate surface area is 97.6 Å². The molecule has 0 aromatic heterocycles. The van der Waals surface area contributed by atoms with Crippen molar-refractivity contribution in [3.8, 4) is 0 Å². The molecule has 0 saturated carbocycles. The summed E-state index contributed by atoms with van der Waals surface area (Å²) >= 11 is 0. The molecule has 3 heteroatoms. The van der Waals surface area contributed by atoms with Crippen LogP contribution in [0.5, 0.6) is 0 Å². The highest BCUT2D eigenvalue weighted by Gasteiger charge is 2.19. The van der Waals surface area contributed by atoms with Crippen molar-refractivity contribution in [3.05, 3.63) is 29.8 Å². The van der Waals surface area contributed by atoms with Crippen LogP contribution in [0.1, 0.15) is 31.2 Å². The molecule has 0 unspecified atom stereocenters. The van der Waals surface area contributed by atoms with Crippen LogP contribution in [-0.2, 0) is 0 Å². The average molecular weight is 219 g/mol. The van der Waals surface area contributed by atoms with Gasteiger partial charge < -0.3 is 5.73 Å². The van der Waals surface area contributed by atoms with Crippen LogP contribution >= 0.6 is 0 Å². The molecule has 1 aliphatic heterocycles. The van der Waals surface area contributed by atoms with Crippen molar-refractivity contribution < 1.29 is 0 Å². The molecule has 16 heavy (non-hydrogen) atoms. The molecule has 1 heterocycles. The third kappa shape index (κ3) is 2.74. The lowest BCUT2D eigenvalue weighted by Gasteiger charge is -2.32. The number of anilines is 1. The Hall–Kier alpha value is -1.06. The molecular formula is C13H21N3. The molecule has 0 spiro atoms. The number of piperidine rings is 1. The molecule has 88 valence electrons. The number of hydrogen-bond acceptors (Lipinski definition) is 3. The van der Waals surface area contributed by atoms with Crippen molar-refractivity contribution in [1.29, 1.82) is 0 Å². The molecule has 1 saturated heterocycles. The fourth-order valence-electron chi connectivity index (χ4n) is 2.36. The minimum atomic E-state index is 0.704. The Morgan fingerprint density at radius 3 is 2.44 bits per heavy atom. The second-order valence-electron chi connectivity index (χ2n) is 4.44. The minimum Gasteiger partial charge on any atom is -0.399 e. The molecule has 1 aliphatic rings. The normalized spacial score (nSPS) is 18.8. The number of hydrogen-bond donors (Lipinski definition) is 2. The highest BCUT2D eigenvalue weighted by Crippen LogP contribution is 2.27. The smallest absolute Gasteiger partial charge is 0.0314 e. The lowest BCUT2D eigenvalue weighted by atomic mass is 9.90. The summed E-state index contributed by atoms with van der Waals surface area (Å²) in [6.45, 7) is 5.45. The zero-order valence-electron chi connectivity index (χ0n) is 9.95. The van der Waals surface area contributed by atoms with Gasteiger partial charge in [-0.2, -0.15) is 0 Å². The molecule has 3 N–H and O–H groups in total. The van der Waals surface area contributed by atoms with Gasteiger partial charge >= 0.3 is 0 Å². The van der Waals surface area contributed by atoms with E-state index >= 15 is 0 Å². The third-order valence-corrected chi connectivity index (χ3v) is 3.28. The summed E-state index contributed by atoms with van der Waals surface area (Å²) in [7, 11) is 0. The van der Waals surface area contributed by atoms with E-state index in [0.29, 0.717) is 5.92 Å². The number of nitrogens with two attached hydrogens (primary N) is 1. The molecule has 0 bridgehead atoms. The van der Waals surface area contributed by atoms with E-state index in [1.54, 1.807) is 0 Å². The second kappa shape index (κ2) is 5.32. The van der Waals surface area contributed by atoms with Crippen molar-refractivity contribution in [3.63, 3.8) is 0 Å². The predicted molar refractivity (Wildman–Crippen MR) is 68.1 cm³/mol. The zero-order valence-corrected chi connectivity index (χ0v) is 9.95. The van der Waals surface area contributed by atoms with Gasteiger partial charge in [-0.15, -0.1) is 0 Å². The van der Waals surface area contributed by atoms with Crippen molar-refractivity contribution in [2.24, 2.45) is 0 Å². The molecular weight excluding hydrogens is 198 g/mol. The van der Waals surface area contributed by atoms with Crippen LogP contribution in [0.4, 0.5) is 5.69 Å². The Morgan fingerprint density at radius 1 is 1.25 bits per heavy atom. The largest absolute Gasteiger partial charge is 0.399 e. The summed E-state index contributed by atoms with van der Waals surface area (Å²) in [5.74, 6) is 0.704. The molecule has 3 nitrogen and oxygen atoms in total. The van der Waals surface area contributed by atoms with Crippen LogP contribution in [0, 0.1) is 0 Å². The van der Waals surface area contributed by atoms with Gasteiger partial charge in [-0.05, 0) is 36.5 Å². The summed E-state index contributed by atoms with van der Waals surface area (Å²) in [4.78, 5) is 0. The van der Waals surface area contributed by atoms with Gasteiger partial charge in [0, 0.05) is 25.3 Å². The SMILES string of the molecule is CCNN1CCC(c2ccc(N)cc2)CC1. The van der Waals surface area contributed by atoms with E-state index in [1.807, 2.05) is 12.1 Å². The molecule has 2 rings (SSSR count). The molecule has 0 aliphatic carbocycles. The van der Waals surface area contributed by atoms with Crippen molar-refractivity contribution in [2.75, 3.05) is 25.4 Å². The first-order valence-electron chi connectivity index (χ1n) is 6.13. The molecule has 0 amide bonds. The van der Waals surface area contributed by atoms with Crippen molar-refractivity contribution in [1.82, 2.24) is 10.4 Å². The Bertz CT molecular complexity index is 312. The fourth-order valence-corrected chi connectivity index (χ4v) is 2.36. The first-order chi connectivity index (χ1) is 7.79. The maximum absolute atomic E-state index is 5.70. The van der Waals surface area contributed by atoms with E-state index < -0.39 is 0 Å². The molecule has 1 fully saturated rings. The van der Waals surface area contributed by atoms with Gasteiger partial charge in [0.05, 0.1) is 0 Å². The standard InChI is InChI=1S/C13H21N3/c1-2-15-16-9-7-12(8-10-16)11-3-5-13(14)6-4-11/h3-6,12,15H,2,7-10,14H2,1H3. The van der Waals surface area contributed by atoms with E-state index in [2.05, 4.69) is 29.5 Å². The van der Waals surface area contributed by atoms with E-state index in [-0.39, 0.29) is 0 Å². The number of nitrogen functional groups attached to an aromatic ring is 1. The van der Waals surface area contributed by atoms with Crippen LogP contribution in [0.25, 0.3) is 0 Å². The first kappa shape index (κ1) is 11.4. The maximum atomic E-state index is 5.70. The number of hydrazine groups is 1. The van der Waals surface area contributed by atoms with Gasteiger partial charge in [0.25, 0.3) is 0 Å². The Morgan fingerprint density at radius 2 is 1.88 bits per heavy atom. The van der Waals surface area contributed by atoms with E-state index in [1.165, 1.54) is 18.4 Å². The zero-order chi connectivity index (χ0) is 11.4. The van der Waals surface area contributed by atoms with Crippen LogP contribution in [0.2, 0.25) is 0 Å². The van der Waals surface area contributed by atoms with Gasteiger partial charge in [-0.3, -0.25) is 5.43 Å². The molecule has 0 radical (unpaired) electrons.